The molecule has 11 heavy (non-hydrogen) atoms. The van der Waals surface area contributed by atoms with E-state index < -0.39 is 0 Å². The van der Waals surface area contributed by atoms with Gasteiger partial charge in [0.1, 0.15) is 0 Å². The lowest BCUT2D eigenvalue weighted by Gasteiger charge is -2.24. The van der Waals surface area contributed by atoms with Gasteiger partial charge >= 0.3 is 0 Å². The predicted octanol–water partition coefficient (Wildman–Crippen LogP) is 1.87. The van der Waals surface area contributed by atoms with E-state index in [2.05, 4.69) is 24.4 Å². The summed E-state index contributed by atoms with van der Waals surface area (Å²) in [5.74, 6) is 0.770. The lowest BCUT2D eigenvalue weighted by molar-refractivity contribution is 0.637. The Balaban J connectivity index is 2.19. The van der Waals surface area contributed by atoms with E-state index >= 15 is 0 Å². The van der Waals surface area contributed by atoms with Crippen molar-refractivity contribution in [3.8, 4) is 0 Å². The number of allylic oxidation sites excluding steroid dienone is 2. The monoisotopic (exact) mass is 149 g/mol. The zero-order chi connectivity index (χ0) is 7.68. The summed E-state index contributed by atoms with van der Waals surface area (Å²) >= 11 is 0. The zero-order valence-electron chi connectivity index (χ0n) is 7.06. The van der Waals surface area contributed by atoms with Gasteiger partial charge in [0.2, 0.25) is 0 Å². The molecule has 1 saturated heterocycles. The molecule has 0 bridgehead atoms. The minimum absolute atomic E-state index is 0.770. The number of hydrogen-bond acceptors (Lipinski definition) is 1. The van der Waals surface area contributed by atoms with Gasteiger partial charge in [-0.2, -0.15) is 0 Å². The highest BCUT2D eigenvalue weighted by Crippen LogP contribution is 2.26. The first-order chi connectivity index (χ1) is 5.36. The Kier molecular flexibility index (Phi) is 1.82. The highest BCUT2D eigenvalue weighted by molar-refractivity contribution is 5.37. The fraction of sp³-hybridized carbons (Fsp3) is 0.600. The Morgan fingerprint density at radius 1 is 1.45 bits per heavy atom. The van der Waals surface area contributed by atoms with Crippen LogP contribution in [0.4, 0.5) is 0 Å². The molecule has 1 heteroatoms. The molecule has 1 fully saturated rings. The second-order valence-electron chi connectivity index (χ2n) is 3.56. The summed E-state index contributed by atoms with van der Waals surface area (Å²) in [6.45, 7) is 4.55. The van der Waals surface area contributed by atoms with E-state index in [4.69, 9.17) is 0 Å². The van der Waals surface area contributed by atoms with Gasteiger partial charge in [-0.1, -0.05) is 19.1 Å². The van der Waals surface area contributed by atoms with Crippen LogP contribution in [-0.4, -0.2) is 13.1 Å². The van der Waals surface area contributed by atoms with Crippen LogP contribution in [0, 0.1) is 5.92 Å². The van der Waals surface area contributed by atoms with Gasteiger partial charge < -0.3 is 5.32 Å². The Bertz CT molecular complexity index is 213. The van der Waals surface area contributed by atoms with Crippen LogP contribution < -0.4 is 5.32 Å². The van der Waals surface area contributed by atoms with Crippen molar-refractivity contribution in [2.45, 2.75) is 19.8 Å². The standard InChI is InChI=1S/C10H15N/c1-8-2-3-10-7-11-5-4-9(10)6-8/h3,6,8,11H,2,4-5,7H2,1H3. The van der Waals surface area contributed by atoms with Gasteiger partial charge in [-0.05, 0) is 36.5 Å². The molecule has 2 rings (SSSR count). The number of piperidine rings is 1. The van der Waals surface area contributed by atoms with Gasteiger partial charge in [0, 0.05) is 6.54 Å². The maximum Gasteiger partial charge on any atom is 0.0205 e. The largest absolute Gasteiger partial charge is 0.312 e. The predicted molar refractivity (Wildman–Crippen MR) is 47.4 cm³/mol. The van der Waals surface area contributed by atoms with Crippen LogP contribution in [0.2, 0.25) is 0 Å². The molecule has 0 saturated carbocycles. The molecule has 1 nitrogen and oxygen atoms in total. The quantitative estimate of drug-likeness (QED) is 0.554. The van der Waals surface area contributed by atoms with Gasteiger partial charge in [0.25, 0.3) is 0 Å². The molecule has 0 amide bonds. The second kappa shape index (κ2) is 2.82. The summed E-state index contributed by atoms with van der Waals surface area (Å²) in [5.41, 5.74) is 3.15. The Morgan fingerprint density at radius 3 is 3.27 bits per heavy atom. The molecule has 1 N–H and O–H groups in total. The molecule has 60 valence electrons. The molecule has 1 aliphatic heterocycles. The van der Waals surface area contributed by atoms with Crippen molar-refractivity contribution in [1.29, 1.82) is 0 Å². The maximum atomic E-state index is 3.39. The minimum Gasteiger partial charge on any atom is -0.312 e. The first-order valence-corrected chi connectivity index (χ1v) is 4.47. The first kappa shape index (κ1) is 7.11. The highest BCUT2D eigenvalue weighted by Gasteiger charge is 2.15. The molecule has 1 aliphatic carbocycles. The van der Waals surface area contributed by atoms with Crippen molar-refractivity contribution in [3.63, 3.8) is 0 Å². The van der Waals surface area contributed by atoms with Crippen molar-refractivity contribution in [2.24, 2.45) is 5.92 Å². The zero-order valence-corrected chi connectivity index (χ0v) is 7.06. The Labute approximate surface area is 68.2 Å². The van der Waals surface area contributed by atoms with Crippen molar-refractivity contribution >= 4 is 0 Å². The molecule has 0 aromatic heterocycles. The third-order valence-electron chi connectivity index (χ3n) is 2.52. The van der Waals surface area contributed by atoms with Gasteiger partial charge in [0.15, 0.2) is 0 Å². The first-order valence-electron chi connectivity index (χ1n) is 4.47. The second-order valence-corrected chi connectivity index (χ2v) is 3.56. The molecule has 1 heterocycles. The molecule has 1 atom stereocenters. The third-order valence-corrected chi connectivity index (χ3v) is 2.52. The topological polar surface area (TPSA) is 12.0 Å². The average Bonchev–Trinajstić information content (AvgIpc) is 2.04. The van der Waals surface area contributed by atoms with Crippen LogP contribution in [0.3, 0.4) is 0 Å². The maximum absolute atomic E-state index is 3.39. The number of fused-ring (bicyclic) bond motifs is 1. The number of hydrogen-bond donors (Lipinski definition) is 1. The number of rotatable bonds is 0. The molecule has 2 aliphatic rings. The summed E-state index contributed by atoms with van der Waals surface area (Å²) < 4.78 is 0. The molecule has 0 radical (unpaired) electrons. The van der Waals surface area contributed by atoms with Crippen molar-refractivity contribution in [3.05, 3.63) is 23.3 Å². The lowest BCUT2D eigenvalue weighted by Crippen LogP contribution is -2.27. The Morgan fingerprint density at radius 2 is 2.36 bits per heavy atom. The van der Waals surface area contributed by atoms with Gasteiger partial charge in [-0.15, -0.1) is 0 Å². The van der Waals surface area contributed by atoms with E-state index in [-0.39, 0.29) is 0 Å². The molecule has 0 aromatic rings. The van der Waals surface area contributed by atoms with Crippen LogP contribution >= 0.6 is 0 Å². The Hall–Kier alpha value is -0.560. The lowest BCUT2D eigenvalue weighted by atomic mass is 9.88. The highest BCUT2D eigenvalue weighted by atomic mass is 14.9. The third kappa shape index (κ3) is 1.38. The van der Waals surface area contributed by atoms with E-state index in [9.17, 15) is 0 Å². The SMILES string of the molecule is CC1C=C2CCNCC2=CC1. The van der Waals surface area contributed by atoms with Crippen LogP contribution in [0.15, 0.2) is 23.3 Å². The van der Waals surface area contributed by atoms with E-state index in [1.165, 1.54) is 12.8 Å². The molecular weight excluding hydrogens is 134 g/mol. The average molecular weight is 149 g/mol. The van der Waals surface area contributed by atoms with Gasteiger partial charge in [0.05, 0.1) is 0 Å². The van der Waals surface area contributed by atoms with Gasteiger partial charge in [-0.25, -0.2) is 0 Å². The van der Waals surface area contributed by atoms with Crippen LogP contribution in [-0.2, 0) is 0 Å². The molecule has 1 unspecified atom stereocenters. The van der Waals surface area contributed by atoms with Crippen molar-refractivity contribution in [2.75, 3.05) is 13.1 Å². The number of nitrogens with one attached hydrogen (secondary N) is 1. The van der Waals surface area contributed by atoms with E-state index in [1.807, 2.05) is 0 Å². The summed E-state index contributed by atoms with van der Waals surface area (Å²) in [4.78, 5) is 0. The fourth-order valence-corrected chi connectivity index (χ4v) is 1.85. The van der Waals surface area contributed by atoms with E-state index in [0.29, 0.717) is 0 Å². The van der Waals surface area contributed by atoms with Crippen molar-refractivity contribution in [1.82, 2.24) is 5.32 Å². The van der Waals surface area contributed by atoms with E-state index in [0.717, 1.165) is 19.0 Å². The summed E-state index contributed by atoms with van der Waals surface area (Å²) in [7, 11) is 0. The fourth-order valence-electron chi connectivity index (χ4n) is 1.85. The van der Waals surface area contributed by atoms with Crippen LogP contribution in [0.5, 0.6) is 0 Å². The van der Waals surface area contributed by atoms with E-state index in [1.54, 1.807) is 11.1 Å². The van der Waals surface area contributed by atoms with Crippen LogP contribution in [0.1, 0.15) is 19.8 Å². The van der Waals surface area contributed by atoms with Gasteiger partial charge in [-0.3, -0.25) is 0 Å². The minimum atomic E-state index is 0.770. The molecule has 0 spiro atoms. The summed E-state index contributed by atoms with van der Waals surface area (Å²) in [6.07, 6.45) is 7.30. The van der Waals surface area contributed by atoms with Crippen molar-refractivity contribution < 1.29 is 0 Å². The smallest absolute Gasteiger partial charge is 0.0205 e. The summed E-state index contributed by atoms with van der Waals surface area (Å²) in [6, 6.07) is 0. The molecular formula is C10H15N. The van der Waals surface area contributed by atoms with Crippen LogP contribution in [0.25, 0.3) is 0 Å². The molecule has 0 aromatic carbocycles. The normalized spacial score (nSPS) is 30.5. The summed E-state index contributed by atoms with van der Waals surface area (Å²) in [5, 5.41) is 3.39.